The molecule has 0 radical (unpaired) electrons. The Morgan fingerprint density at radius 2 is 1.57 bits per heavy atom. The molecule has 1 heteroatoms. The van der Waals surface area contributed by atoms with Crippen LogP contribution in [-0.4, -0.2) is 11.7 Å². The fraction of sp³-hybridized carbons (Fsp3) is 0.846. The normalized spacial score (nSPS) is 57.9. The van der Waals surface area contributed by atoms with Gasteiger partial charge in [0, 0.05) is 0 Å². The fourth-order valence-corrected chi connectivity index (χ4v) is 5.42. The maximum Gasteiger partial charge on any atom is 0.0644 e. The maximum absolute atomic E-state index is 9.40. The Bertz CT molecular complexity index is 286. The van der Waals surface area contributed by atoms with Gasteiger partial charge in [-0.25, -0.2) is 0 Å². The minimum Gasteiger partial charge on any atom is -0.392 e. The highest BCUT2D eigenvalue weighted by molar-refractivity contribution is 5.27. The second kappa shape index (κ2) is 2.44. The van der Waals surface area contributed by atoms with Gasteiger partial charge in [-0.1, -0.05) is 6.08 Å². The number of rotatable bonds is 1. The molecule has 0 aromatic carbocycles. The first kappa shape index (κ1) is 7.92. The first-order valence-corrected chi connectivity index (χ1v) is 6.21. The number of allylic oxidation sites excluding steroid dienone is 1. The molecule has 5 aliphatic carbocycles. The molecule has 1 nitrogen and oxygen atoms in total. The predicted molar refractivity (Wildman–Crippen MR) is 54.6 cm³/mol. The summed E-state index contributed by atoms with van der Waals surface area (Å²) in [6, 6.07) is 0. The van der Waals surface area contributed by atoms with Crippen molar-refractivity contribution >= 4 is 0 Å². The Labute approximate surface area is 85.2 Å². The highest BCUT2D eigenvalue weighted by atomic mass is 16.3. The second-order valence-corrected chi connectivity index (χ2v) is 5.81. The lowest BCUT2D eigenvalue weighted by molar-refractivity contribution is 0.0915. The third-order valence-electron chi connectivity index (χ3n) is 5.70. The van der Waals surface area contributed by atoms with Crippen molar-refractivity contribution in [1.82, 2.24) is 0 Å². The Morgan fingerprint density at radius 1 is 1.00 bits per heavy atom. The maximum atomic E-state index is 9.40. The van der Waals surface area contributed by atoms with Crippen molar-refractivity contribution < 1.29 is 5.11 Å². The van der Waals surface area contributed by atoms with E-state index in [1.165, 1.54) is 31.3 Å². The number of aliphatic hydroxyl groups excluding tert-OH is 1. The molecular weight excluding hydrogens is 172 g/mol. The van der Waals surface area contributed by atoms with Crippen LogP contribution in [0.1, 0.15) is 25.7 Å². The van der Waals surface area contributed by atoms with Gasteiger partial charge in [0.1, 0.15) is 0 Å². The van der Waals surface area contributed by atoms with Gasteiger partial charge in [-0.3, -0.25) is 0 Å². The summed E-state index contributed by atoms with van der Waals surface area (Å²) in [6.07, 6.45) is 8.37. The zero-order chi connectivity index (χ0) is 9.28. The molecule has 4 unspecified atom stereocenters. The van der Waals surface area contributed by atoms with E-state index in [1.54, 1.807) is 0 Å². The topological polar surface area (TPSA) is 20.2 Å². The van der Waals surface area contributed by atoms with E-state index >= 15 is 0 Å². The van der Waals surface area contributed by atoms with E-state index in [2.05, 4.69) is 6.08 Å². The molecular formula is C13H18O. The summed E-state index contributed by atoms with van der Waals surface area (Å²) in [4.78, 5) is 0. The van der Waals surface area contributed by atoms with Crippen LogP contribution < -0.4 is 0 Å². The van der Waals surface area contributed by atoms with E-state index in [0.29, 0.717) is 6.61 Å². The van der Waals surface area contributed by atoms with Gasteiger partial charge in [0.05, 0.1) is 6.61 Å². The van der Waals surface area contributed by atoms with E-state index in [-0.39, 0.29) is 0 Å². The summed E-state index contributed by atoms with van der Waals surface area (Å²) in [5, 5.41) is 9.40. The molecule has 3 fully saturated rings. The van der Waals surface area contributed by atoms with Crippen LogP contribution in [0.15, 0.2) is 11.6 Å². The predicted octanol–water partition coefficient (Wildman–Crippen LogP) is 2.22. The molecule has 5 rings (SSSR count). The van der Waals surface area contributed by atoms with E-state index in [9.17, 15) is 5.11 Å². The van der Waals surface area contributed by atoms with E-state index < -0.39 is 0 Å². The summed E-state index contributed by atoms with van der Waals surface area (Å²) in [5.74, 6) is 5.65. The van der Waals surface area contributed by atoms with Crippen molar-refractivity contribution in [2.75, 3.05) is 6.61 Å². The first-order valence-electron chi connectivity index (χ1n) is 6.21. The second-order valence-electron chi connectivity index (χ2n) is 5.81. The van der Waals surface area contributed by atoms with E-state index in [1.807, 2.05) is 0 Å². The lowest BCUT2D eigenvalue weighted by Crippen LogP contribution is -2.41. The van der Waals surface area contributed by atoms with Crippen molar-refractivity contribution in [3.63, 3.8) is 0 Å². The number of hydrogen-bond donors (Lipinski definition) is 1. The van der Waals surface area contributed by atoms with Gasteiger partial charge in [0.25, 0.3) is 0 Å². The Kier molecular flexibility index (Phi) is 1.38. The molecule has 3 saturated carbocycles. The fourth-order valence-electron chi connectivity index (χ4n) is 5.42. The summed E-state index contributed by atoms with van der Waals surface area (Å²) < 4.78 is 0. The first-order chi connectivity index (χ1) is 6.90. The molecule has 0 spiro atoms. The van der Waals surface area contributed by atoms with Crippen molar-refractivity contribution in [1.29, 1.82) is 0 Å². The van der Waals surface area contributed by atoms with Gasteiger partial charge in [-0.05, 0) is 66.8 Å². The molecule has 4 atom stereocenters. The number of aliphatic hydroxyl groups is 1. The minimum atomic E-state index is 0.341. The van der Waals surface area contributed by atoms with Crippen LogP contribution in [0.25, 0.3) is 0 Å². The smallest absolute Gasteiger partial charge is 0.0644 e. The summed E-state index contributed by atoms with van der Waals surface area (Å²) in [5.41, 5.74) is 1.41. The number of hydrogen-bond acceptors (Lipinski definition) is 1. The molecule has 0 amide bonds. The van der Waals surface area contributed by atoms with Crippen LogP contribution >= 0.6 is 0 Å². The van der Waals surface area contributed by atoms with Crippen molar-refractivity contribution in [3.8, 4) is 0 Å². The van der Waals surface area contributed by atoms with Crippen LogP contribution in [0.2, 0.25) is 0 Å². The molecule has 6 bridgehead atoms. The van der Waals surface area contributed by atoms with E-state index in [0.717, 1.165) is 35.5 Å². The lowest BCUT2D eigenvalue weighted by atomic mass is 9.58. The molecule has 76 valence electrons. The SMILES string of the molecule is OCC1=CC2C3CCC2C2CCC3C12. The van der Waals surface area contributed by atoms with Gasteiger partial charge < -0.3 is 5.11 Å². The third kappa shape index (κ3) is 0.701. The molecule has 0 heterocycles. The average molecular weight is 190 g/mol. The Balaban J connectivity index is 1.87. The monoisotopic (exact) mass is 190 g/mol. The highest BCUT2D eigenvalue weighted by Crippen LogP contribution is 2.66. The standard InChI is InChI=1S/C13H18O/c14-6-7-5-12-8-1-2-9(12)11-4-3-10(8)13(7)11/h5,8-14H,1-4,6H2. The van der Waals surface area contributed by atoms with Gasteiger partial charge in [0.15, 0.2) is 0 Å². The Hall–Kier alpha value is -0.300. The molecule has 5 aliphatic rings. The zero-order valence-electron chi connectivity index (χ0n) is 8.52. The van der Waals surface area contributed by atoms with Crippen LogP contribution in [0.5, 0.6) is 0 Å². The van der Waals surface area contributed by atoms with Crippen molar-refractivity contribution in [3.05, 3.63) is 11.6 Å². The third-order valence-corrected chi connectivity index (χ3v) is 5.70. The lowest BCUT2D eigenvalue weighted by Gasteiger charge is -2.46. The van der Waals surface area contributed by atoms with Crippen molar-refractivity contribution in [2.24, 2.45) is 35.5 Å². The molecule has 0 aromatic rings. The molecule has 14 heavy (non-hydrogen) atoms. The van der Waals surface area contributed by atoms with Gasteiger partial charge in [-0.15, -0.1) is 0 Å². The van der Waals surface area contributed by atoms with E-state index in [4.69, 9.17) is 0 Å². The van der Waals surface area contributed by atoms with Gasteiger partial charge in [-0.2, -0.15) is 0 Å². The largest absolute Gasteiger partial charge is 0.392 e. The van der Waals surface area contributed by atoms with Crippen LogP contribution in [-0.2, 0) is 0 Å². The van der Waals surface area contributed by atoms with Crippen LogP contribution in [0.4, 0.5) is 0 Å². The van der Waals surface area contributed by atoms with Crippen LogP contribution in [0, 0.1) is 35.5 Å². The molecule has 1 N–H and O–H groups in total. The van der Waals surface area contributed by atoms with Crippen molar-refractivity contribution in [2.45, 2.75) is 25.7 Å². The summed E-state index contributed by atoms with van der Waals surface area (Å²) >= 11 is 0. The van der Waals surface area contributed by atoms with Crippen LogP contribution in [0.3, 0.4) is 0 Å². The molecule has 0 aliphatic heterocycles. The Morgan fingerprint density at radius 3 is 2.14 bits per heavy atom. The van der Waals surface area contributed by atoms with Gasteiger partial charge >= 0.3 is 0 Å². The molecule has 0 saturated heterocycles. The summed E-state index contributed by atoms with van der Waals surface area (Å²) in [6.45, 7) is 0.341. The zero-order valence-corrected chi connectivity index (χ0v) is 8.52. The minimum absolute atomic E-state index is 0.341. The summed E-state index contributed by atoms with van der Waals surface area (Å²) in [7, 11) is 0. The quantitative estimate of drug-likeness (QED) is 0.629. The van der Waals surface area contributed by atoms with Gasteiger partial charge in [0.2, 0.25) is 0 Å². The highest BCUT2D eigenvalue weighted by Gasteiger charge is 2.59. The molecule has 0 aromatic heterocycles. The average Bonchev–Trinajstić information content (AvgIpc) is 2.71.